The monoisotopic (exact) mass is 224 g/mol. The van der Waals surface area contributed by atoms with E-state index in [0.717, 1.165) is 24.6 Å². The third kappa shape index (κ3) is 3.99. The van der Waals surface area contributed by atoms with Crippen molar-refractivity contribution >= 4 is 0 Å². The Morgan fingerprint density at radius 1 is 1.19 bits per heavy atom. The van der Waals surface area contributed by atoms with Gasteiger partial charge >= 0.3 is 0 Å². The lowest BCUT2D eigenvalue weighted by Crippen LogP contribution is -2.46. The first-order valence-corrected chi connectivity index (χ1v) is 5.77. The molecule has 1 aromatic heterocycles. The fourth-order valence-corrected chi connectivity index (χ4v) is 1.58. The second-order valence-corrected chi connectivity index (χ2v) is 5.89. The number of furan rings is 1. The summed E-state index contributed by atoms with van der Waals surface area (Å²) in [5.74, 6) is 1.98. The molecule has 0 aliphatic rings. The van der Waals surface area contributed by atoms with Crippen LogP contribution in [0.3, 0.4) is 0 Å². The summed E-state index contributed by atoms with van der Waals surface area (Å²) >= 11 is 0. The molecule has 3 heteroatoms. The Bertz CT molecular complexity index is 334. The van der Waals surface area contributed by atoms with E-state index in [1.165, 1.54) is 0 Å². The van der Waals surface area contributed by atoms with Crippen molar-refractivity contribution in [1.82, 2.24) is 5.32 Å². The fourth-order valence-electron chi connectivity index (χ4n) is 1.58. The lowest BCUT2D eigenvalue weighted by Gasteiger charge is -2.26. The van der Waals surface area contributed by atoms with Gasteiger partial charge in [0, 0.05) is 24.0 Å². The third-order valence-corrected chi connectivity index (χ3v) is 2.55. The first kappa shape index (κ1) is 13.3. The van der Waals surface area contributed by atoms with Crippen molar-refractivity contribution in [2.75, 3.05) is 13.1 Å². The van der Waals surface area contributed by atoms with Gasteiger partial charge in [-0.2, -0.15) is 0 Å². The van der Waals surface area contributed by atoms with Crippen molar-refractivity contribution in [2.24, 2.45) is 5.73 Å². The van der Waals surface area contributed by atoms with Crippen LogP contribution in [0.5, 0.6) is 0 Å². The summed E-state index contributed by atoms with van der Waals surface area (Å²) in [7, 11) is 0. The summed E-state index contributed by atoms with van der Waals surface area (Å²) in [6, 6.07) is 4.05. The van der Waals surface area contributed by atoms with E-state index in [1.54, 1.807) is 0 Å². The molecule has 1 rings (SSSR count). The molecule has 0 saturated heterocycles. The van der Waals surface area contributed by atoms with Crippen LogP contribution in [-0.2, 0) is 5.41 Å². The fraction of sp³-hybridized carbons (Fsp3) is 0.692. The highest BCUT2D eigenvalue weighted by Gasteiger charge is 2.24. The van der Waals surface area contributed by atoms with Crippen LogP contribution in [0.1, 0.15) is 39.2 Å². The Kier molecular flexibility index (Phi) is 3.81. The van der Waals surface area contributed by atoms with Crippen molar-refractivity contribution < 1.29 is 4.42 Å². The topological polar surface area (TPSA) is 51.2 Å². The van der Waals surface area contributed by atoms with Crippen LogP contribution in [0.4, 0.5) is 0 Å². The van der Waals surface area contributed by atoms with Crippen LogP contribution in [0.2, 0.25) is 0 Å². The average molecular weight is 224 g/mol. The van der Waals surface area contributed by atoms with Gasteiger partial charge < -0.3 is 15.5 Å². The first-order chi connectivity index (χ1) is 7.21. The normalized spacial score (nSPS) is 13.1. The van der Waals surface area contributed by atoms with Gasteiger partial charge in [0.25, 0.3) is 0 Å². The number of rotatable bonds is 5. The number of hydrogen-bond acceptors (Lipinski definition) is 3. The minimum absolute atomic E-state index is 0.000486. The van der Waals surface area contributed by atoms with E-state index in [-0.39, 0.29) is 11.0 Å². The van der Waals surface area contributed by atoms with E-state index in [0.29, 0.717) is 0 Å². The molecular formula is C13H24N2O. The third-order valence-electron chi connectivity index (χ3n) is 2.55. The molecule has 92 valence electrons. The summed E-state index contributed by atoms with van der Waals surface area (Å²) in [6.45, 7) is 12.0. The van der Waals surface area contributed by atoms with Crippen molar-refractivity contribution in [2.45, 2.75) is 45.6 Å². The molecule has 0 fully saturated rings. The van der Waals surface area contributed by atoms with Crippen molar-refractivity contribution in [3.63, 3.8) is 0 Å². The molecule has 0 aliphatic carbocycles. The second-order valence-electron chi connectivity index (χ2n) is 5.89. The number of aryl methyl sites for hydroxylation is 1. The van der Waals surface area contributed by atoms with E-state index in [2.05, 4.69) is 19.2 Å². The maximum atomic E-state index is 5.92. The van der Waals surface area contributed by atoms with Crippen LogP contribution < -0.4 is 11.1 Å². The highest BCUT2D eigenvalue weighted by atomic mass is 16.3. The van der Waals surface area contributed by atoms with Crippen LogP contribution in [-0.4, -0.2) is 18.6 Å². The van der Waals surface area contributed by atoms with Crippen molar-refractivity contribution in [1.29, 1.82) is 0 Å². The molecule has 0 radical (unpaired) electrons. The molecule has 1 aromatic rings. The van der Waals surface area contributed by atoms with Crippen molar-refractivity contribution in [3.8, 4) is 0 Å². The van der Waals surface area contributed by atoms with Gasteiger partial charge in [0.2, 0.25) is 0 Å². The Morgan fingerprint density at radius 3 is 2.25 bits per heavy atom. The van der Waals surface area contributed by atoms with E-state index in [1.807, 2.05) is 32.9 Å². The van der Waals surface area contributed by atoms with Crippen LogP contribution in [0, 0.1) is 6.92 Å². The zero-order valence-electron chi connectivity index (χ0n) is 11.1. The number of hydrogen-bond donors (Lipinski definition) is 2. The standard InChI is InChI=1S/C13H24N2O/c1-10-6-7-11(16-10)12(2,3)8-15-9-13(4,5)14/h6-7,15H,8-9,14H2,1-5H3. The molecule has 0 amide bonds. The Hall–Kier alpha value is -0.800. The summed E-state index contributed by atoms with van der Waals surface area (Å²) < 4.78 is 5.66. The highest BCUT2D eigenvalue weighted by Crippen LogP contribution is 2.24. The van der Waals surface area contributed by atoms with Crippen LogP contribution >= 0.6 is 0 Å². The first-order valence-electron chi connectivity index (χ1n) is 5.77. The van der Waals surface area contributed by atoms with Gasteiger partial charge in [-0.15, -0.1) is 0 Å². The minimum Gasteiger partial charge on any atom is -0.466 e. The van der Waals surface area contributed by atoms with E-state index in [9.17, 15) is 0 Å². The number of nitrogens with two attached hydrogens (primary N) is 1. The van der Waals surface area contributed by atoms with Crippen molar-refractivity contribution in [3.05, 3.63) is 23.7 Å². The van der Waals surface area contributed by atoms with Gasteiger partial charge in [-0.25, -0.2) is 0 Å². The molecular weight excluding hydrogens is 200 g/mol. The van der Waals surface area contributed by atoms with Gasteiger partial charge in [0.05, 0.1) is 0 Å². The molecule has 3 nitrogen and oxygen atoms in total. The lowest BCUT2D eigenvalue weighted by atomic mass is 9.90. The smallest absolute Gasteiger partial charge is 0.111 e. The Balaban J connectivity index is 2.52. The zero-order valence-corrected chi connectivity index (χ0v) is 11.1. The summed E-state index contributed by atoms with van der Waals surface area (Å²) in [4.78, 5) is 0. The maximum Gasteiger partial charge on any atom is 0.111 e. The molecule has 0 aromatic carbocycles. The molecule has 0 bridgehead atoms. The molecule has 0 aliphatic heterocycles. The van der Waals surface area contributed by atoms with Gasteiger partial charge in [-0.05, 0) is 32.9 Å². The zero-order chi connectivity index (χ0) is 12.4. The molecule has 1 heterocycles. The Morgan fingerprint density at radius 2 is 1.81 bits per heavy atom. The Labute approximate surface area is 98.4 Å². The number of nitrogens with one attached hydrogen (secondary N) is 1. The lowest BCUT2D eigenvalue weighted by molar-refractivity contribution is 0.344. The van der Waals surface area contributed by atoms with E-state index >= 15 is 0 Å². The average Bonchev–Trinajstić information content (AvgIpc) is 2.49. The summed E-state index contributed by atoms with van der Waals surface area (Å²) in [5.41, 5.74) is 5.75. The maximum absolute atomic E-state index is 5.92. The molecule has 0 unspecified atom stereocenters. The minimum atomic E-state index is -0.171. The summed E-state index contributed by atoms with van der Waals surface area (Å²) in [6.07, 6.45) is 0. The van der Waals surface area contributed by atoms with E-state index in [4.69, 9.17) is 10.2 Å². The second kappa shape index (κ2) is 4.60. The van der Waals surface area contributed by atoms with Crippen LogP contribution in [0.25, 0.3) is 0 Å². The van der Waals surface area contributed by atoms with Gasteiger partial charge in [-0.1, -0.05) is 13.8 Å². The predicted octanol–water partition coefficient (Wildman–Crippen LogP) is 2.19. The molecule has 3 N–H and O–H groups in total. The van der Waals surface area contributed by atoms with Crippen LogP contribution in [0.15, 0.2) is 16.5 Å². The summed E-state index contributed by atoms with van der Waals surface area (Å²) in [5, 5.41) is 3.39. The van der Waals surface area contributed by atoms with Gasteiger partial charge in [-0.3, -0.25) is 0 Å². The van der Waals surface area contributed by atoms with E-state index < -0.39 is 0 Å². The molecule has 16 heavy (non-hydrogen) atoms. The molecule has 0 saturated carbocycles. The molecule has 0 atom stereocenters. The molecule has 0 spiro atoms. The highest BCUT2D eigenvalue weighted by molar-refractivity contribution is 5.15. The largest absolute Gasteiger partial charge is 0.466 e. The quantitative estimate of drug-likeness (QED) is 0.806. The predicted molar refractivity (Wildman–Crippen MR) is 67.6 cm³/mol. The SMILES string of the molecule is Cc1ccc(C(C)(C)CNCC(C)(C)N)o1. The van der Waals surface area contributed by atoms with Gasteiger partial charge in [0.1, 0.15) is 11.5 Å². The van der Waals surface area contributed by atoms with Gasteiger partial charge in [0.15, 0.2) is 0 Å².